The molecule has 1 atom stereocenters. The Bertz CT molecular complexity index is 459. The third-order valence-corrected chi connectivity index (χ3v) is 3.27. The van der Waals surface area contributed by atoms with E-state index in [4.69, 9.17) is 5.73 Å². The first-order valence-electron chi connectivity index (χ1n) is 6.96. The van der Waals surface area contributed by atoms with E-state index < -0.39 is 6.04 Å². The van der Waals surface area contributed by atoms with Crippen LogP contribution in [0.5, 0.6) is 0 Å². The Morgan fingerprint density at radius 3 is 2.14 bits per heavy atom. The Morgan fingerprint density at radius 2 is 1.68 bits per heavy atom. The first-order chi connectivity index (χ1) is 9.21. The Morgan fingerprint density at radius 1 is 1.18 bits per heavy atom. The predicted octanol–water partition coefficient (Wildman–Crippen LogP) is 2.58. The van der Waals surface area contributed by atoms with E-state index in [1.165, 1.54) is 5.56 Å². The largest absolute Gasteiger partial charge is 0.351 e. The van der Waals surface area contributed by atoms with Crippen LogP contribution in [-0.2, 0) is 17.9 Å². The average Bonchev–Trinajstić information content (AvgIpc) is 2.34. The van der Waals surface area contributed by atoms with Crippen LogP contribution in [0, 0.1) is 5.41 Å². The lowest BCUT2D eigenvalue weighted by molar-refractivity contribution is -0.124. The second-order valence-corrected chi connectivity index (χ2v) is 6.57. The van der Waals surface area contributed by atoms with Crippen LogP contribution in [-0.4, -0.2) is 30.9 Å². The number of carbonyl (C=O) groups is 1. The van der Waals surface area contributed by atoms with Crippen LogP contribution >= 0.6 is 24.8 Å². The van der Waals surface area contributed by atoms with E-state index in [9.17, 15) is 4.79 Å². The molecule has 0 heterocycles. The maximum Gasteiger partial charge on any atom is 0.237 e. The molecule has 0 spiro atoms. The molecule has 0 saturated heterocycles. The van der Waals surface area contributed by atoms with Crippen molar-refractivity contribution >= 4 is 30.7 Å². The number of hydrogen-bond acceptors (Lipinski definition) is 3. The van der Waals surface area contributed by atoms with Crippen molar-refractivity contribution in [2.45, 2.75) is 39.9 Å². The van der Waals surface area contributed by atoms with Crippen molar-refractivity contribution in [3.05, 3.63) is 35.4 Å². The molecule has 0 radical (unpaired) electrons. The van der Waals surface area contributed by atoms with Gasteiger partial charge in [0.1, 0.15) is 0 Å². The molecule has 0 aliphatic heterocycles. The van der Waals surface area contributed by atoms with Gasteiger partial charge in [-0.05, 0) is 30.6 Å². The minimum atomic E-state index is -0.497. The maximum absolute atomic E-state index is 12.0. The van der Waals surface area contributed by atoms with Gasteiger partial charge in [-0.3, -0.25) is 4.79 Å². The van der Waals surface area contributed by atoms with E-state index in [0.29, 0.717) is 6.54 Å². The van der Waals surface area contributed by atoms with E-state index >= 15 is 0 Å². The van der Waals surface area contributed by atoms with Gasteiger partial charge in [0.25, 0.3) is 0 Å². The monoisotopic (exact) mass is 349 g/mol. The topological polar surface area (TPSA) is 58.4 Å². The molecule has 4 nitrogen and oxygen atoms in total. The van der Waals surface area contributed by atoms with Gasteiger partial charge in [0.05, 0.1) is 6.04 Å². The fraction of sp³-hybridized carbons (Fsp3) is 0.562. The van der Waals surface area contributed by atoms with Crippen molar-refractivity contribution in [1.29, 1.82) is 0 Å². The number of carbonyl (C=O) groups excluding carboxylic acids is 1. The highest BCUT2D eigenvalue weighted by atomic mass is 35.5. The van der Waals surface area contributed by atoms with Crippen molar-refractivity contribution in [2.75, 3.05) is 14.1 Å². The number of rotatable bonds is 5. The molecule has 0 aliphatic carbocycles. The maximum atomic E-state index is 12.0. The number of halogens is 2. The van der Waals surface area contributed by atoms with Gasteiger partial charge in [-0.1, -0.05) is 45.0 Å². The molecule has 1 aromatic carbocycles. The molecular formula is C16H29Cl2N3O. The zero-order chi connectivity index (χ0) is 15.3. The smallest absolute Gasteiger partial charge is 0.237 e. The van der Waals surface area contributed by atoms with Crippen LogP contribution in [0.25, 0.3) is 0 Å². The molecule has 128 valence electrons. The lowest BCUT2D eigenvalue weighted by Gasteiger charge is -2.26. The summed E-state index contributed by atoms with van der Waals surface area (Å²) in [6, 6.07) is 7.64. The van der Waals surface area contributed by atoms with Crippen LogP contribution in [0.3, 0.4) is 0 Å². The zero-order valence-corrected chi connectivity index (χ0v) is 15.7. The van der Waals surface area contributed by atoms with E-state index in [1.807, 2.05) is 53.1 Å². The van der Waals surface area contributed by atoms with Crippen LogP contribution in [0.1, 0.15) is 31.9 Å². The van der Waals surface area contributed by atoms with Gasteiger partial charge >= 0.3 is 0 Å². The van der Waals surface area contributed by atoms with Crippen LogP contribution in [0.2, 0.25) is 0 Å². The second kappa shape index (κ2) is 10.1. The molecule has 0 saturated carbocycles. The van der Waals surface area contributed by atoms with Gasteiger partial charge in [0, 0.05) is 13.1 Å². The number of hydrogen-bond donors (Lipinski definition) is 2. The molecule has 0 aromatic heterocycles. The summed E-state index contributed by atoms with van der Waals surface area (Å²) in [5, 5.41) is 2.94. The summed E-state index contributed by atoms with van der Waals surface area (Å²) >= 11 is 0. The third-order valence-electron chi connectivity index (χ3n) is 3.27. The van der Waals surface area contributed by atoms with Crippen molar-refractivity contribution < 1.29 is 4.79 Å². The second-order valence-electron chi connectivity index (χ2n) is 6.57. The van der Waals surface area contributed by atoms with Crippen molar-refractivity contribution in [2.24, 2.45) is 11.1 Å². The van der Waals surface area contributed by atoms with E-state index in [0.717, 1.165) is 12.1 Å². The average molecular weight is 350 g/mol. The summed E-state index contributed by atoms with van der Waals surface area (Å²) in [6.45, 7) is 7.29. The zero-order valence-electron chi connectivity index (χ0n) is 14.1. The molecule has 3 N–H and O–H groups in total. The number of nitrogens with two attached hydrogens (primary N) is 1. The highest BCUT2D eigenvalue weighted by Crippen LogP contribution is 2.17. The Labute approximate surface area is 146 Å². The normalized spacial score (nSPS) is 12.1. The van der Waals surface area contributed by atoms with Gasteiger partial charge < -0.3 is 16.0 Å². The molecule has 0 fully saturated rings. The van der Waals surface area contributed by atoms with Gasteiger partial charge in [-0.2, -0.15) is 0 Å². The fourth-order valence-electron chi connectivity index (χ4n) is 1.91. The van der Waals surface area contributed by atoms with E-state index in [-0.39, 0.29) is 36.1 Å². The Kier molecular flexibility index (Phi) is 10.7. The molecule has 1 aromatic rings. The quantitative estimate of drug-likeness (QED) is 0.858. The van der Waals surface area contributed by atoms with Gasteiger partial charge in [0.2, 0.25) is 5.91 Å². The highest BCUT2D eigenvalue weighted by Gasteiger charge is 2.27. The van der Waals surface area contributed by atoms with E-state index in [1.54, 1.807) is 0 Å². The minimum Gasteiger partial charge on any atom is -0.351 e. The van der Waals surface area contributed by atoms with Crippen molar-refractivity contribution in [1.82, 2.24) is 10.2 Å². The molecule has 6 heteroatoms. The van der Waals surface area contributed by atoms with Gasteiger partial charge in [-0.15, -0.1) is 24.8 Å². The summed E-state index contributed by atoms with van der Waals surface area (Å²) in [5.41, 5.74) is 8.09. The van der Waals surface area contributed by atoms with Gasteiger partial charge in [0.15, 0.2) is 0 Å². The molecule has 22 heavy (non-hydrogen) atoms. The molecule has 0 aliphatic rings. The van der Waals surface area contributed by atoms with Crippen LogP contribution < -0.4 is 11.1 Å². The van der Waals surface area contributed by atoms with Crippen LogP contribution in [0.15, 0.2) is 24.3 Å². The Balaban J connectivity index is 0. The number of nitrogens with zero attached hydrogens (tertiary/aromatic N) is 1. The molecule has 1 amide bonds. The Hall–Kier alpha value is -0.810. The number of nitrogens with one attached hydrogen (secondary N) is 1. The molecule has 1 rings (SSSR count). The van der Waals surface area contributed by atoms with Crippen LogP contribution in [0.4, 0.5) is 0 Å². The third kappa shape index (κ3) is 7.45. The first kappa shape index (κ1) is 23.5. The minimum absolute atomic E-state index is 0. The van der Waals surface area contributed by atoms with Crippen molar-refractivity contribution in [3.63, 3.8) is 0 Å². The fourth-order valence-corrected chi connectivity index (χ4v) is 1.91. The summed E-state index contributed by atoms with van der Waals surface area (Å²) in [4.78, 5) is 14.2. The van der Waals surface area contributed by atoms with Gasteiger partial charge in [-0.25, -0.2) is 0 Å². The highest BCUT2D eigenvalue weighted by molar-refractivity contribution is 5.85. The van der Waals surface area contributed by atoms with Crippen molar-refractivity contribution in [3.8, 4) is 0 Å². The molecular weight excluding hydrogens is 321 g/mol. The number of amides is 1. The van der Waals surface area contributed by atoms with E-state index in [2.05, 4.69) is 16.3 Å². The molecule has 0 unspecified atom stereocenters. The lowest BCUT2D eigenvalue weighted by atomic mass is 9.87. The summed E-state index contributed by atoms with van der Waals surface area (Å²) in [6.07, 6.45) is 0. The standard InChI is InChI=1S/C16H27N3O.2ClH/c1-16(2,3)14(17)15(20)18-10-12-8-6-7-9-13(12)11-19(4)5;;/h6-9,14H,10-11,17H2,1-5H3,(H,18,20);2*1H/t14-;;/m1../s1. The summed E-state index contributed by atoms with van der Waals surface area (Å²) < 4.78 is 0. The summed E-state index contributed by atoms with van der Waals surface area (Å²) in [5.74, 6) is -0.0999. The first-order valence-corrected chi connectivity index (χ1v) is 6.96. The summed E-state index contributed by atoms with van der Waals surface area (Å²) in [7, 11) is 4.07. The SMILES string of the molecule is CN(C)Cc1ccccc1CNC(=O)[C@@H](N)C(C)(C)C.Cl.Cl. The predicted molar refractivity (Wildman–Crippen MR) is 97.6 cm³/mol. The lowest BCUT2D eigenvalue weighted by Crippen LogP contribution is -2.48. The number of benzene rings is 1. The molecule has 0 bridgehead atoms.